The van der Waals surface area contributed by atoms with Gasteiger partial charge in [-0.1, -0.05) is 59.6 Å². The van der Waals surface area contributed by atoms with E-state index in [1.165, 1.54) is 6.33 Å². The molecule has 9 heteroatoms. The first-order chi connectivity index (χ1) is 15.0. The maximum atomic E-state index is 12.1. The number of nitrogens with zero attached hydrogens (tertiary/aromatic N) is 4. The summed E-state index contributed by atoms with van der Waals surface area (Å²) in [6.45, 7) is 2.37. The molecule has 0 fully saturated rings. The molecule has 0 aliphatic carbocycles. The van der Waals surface area contributed by atoms with Crippen LogP contribution in [0.3, 0.4) is 0 Å². The van der Waals surface area contributed by atoms with Gasteiger partial charge in [-0.25, -0.2) is 9.97 Å². The fourth-order valence-electron chi connectivity index (χ4n) is 3.43. The van der Waals surface area contributed by atoms with Crippen LogP contribution in [0.5, 0.6) is 0 Å². The Bertz CT molecular complexity index is 1280. The van der Waals surface area contributed by atoms with Crippen LogP contribution in [0.4, 0.5) is 28.7 Å². The summed E-state index contributed by atoms with van der Waals surface area (Å²) < 4.78 is 0. The Morgan fingerprint density at radius 3 is 2.61 bits per heavy atom. The van der Waals surface area contributed by atoms with Crippen LogP contribution in [-0.4, -0.2) is 21.4 Å². The van der Waals surface area contributed by atoms with Crippen LogP contribution in [0.1, 0.15) is 6.92 Å². The molecule has 1 N–H and O–H groups in total. The van der Waals surface area contributed by atoms with Gasteiger partial charge in [-0.05, 0) is 36.6 Å². The molecule has 4 rings (SSSR count). The Hall–Kier alpha value is -3.42. The summed E-state index contributed by atoms with van der Waals surface area (Å²) in [6, 6.07) is 18.5. The van der Waals surface area contributed by atoms with Gasteiger partial charge in [-0.3, -0.25) is 10.1 Å². The minimum atomic E-state index is -0.496. The molecule has 0 aliphatic rings. The van der Waals surface area contributed by atoms with E-state index >= 15 is 0 Å². The molecule has 1 heterocycles. The second-order valence-corrected chi connectivity index (χ2v) is 7.49. The molecule has 0 saturated heterocycles. The molecule has 0 amide bonds. The first-order valence-electron chi connectivity index (χ1n) is 9.46. The molecule has 7 nitrogen and oxygen atoms in total. The number of nitro groups is 1. The lowest BCUT2D eigenvalue weighted by molar-refractivity contribution is -0.383. The van der Waals surface area contributed by atoms with Gasteiger partial charge in [0, 0.05) is 17.0 Å². The number of anilines is 4. The summed E-state index contributed by atoms with van der Waals surface area (Å²) in [4.78, 5) is 21.8. The van der Waals surface area contributed by atoms with E-state index in [4.69, 9.17) is 23.2 Å². The van der Waals surface area contributed by atoms with Gasteiger partial charge in [0.15, 0.2) is 0 Å². The zero-order valence-corrected chi connectivity index (χ0v) is 17.9. The number of hydrogen-bond acceptors (Lipinski definition) is 6. The van der Waals surface area contributed by atoms with Crippen molar-refractivity contribution in [2.45, 2.75) is 6.92 Å². The lowest BCUT2D eigenvalue weighted by Crippen LogP contribution is -2.20. The third-order valence-electron chi connectivity index (χ3n) is 4.80. The molecule has 1 aromatic heterocycles. The van der Waals surface area contributed by atoms with E-state index in [2.05, 4.69) is 15.3 Å². The Kier molecular flexibility index (Phi) is 5.88. The molecule has 0 saturated carbocycles. The number of nitrogens with one attached hydrogen (secondary N) is 1. The van der Waals surface area contributed by atoms with Crippen LogP contribution in [-0.2, 0) is 0 Å². The molecular formula is C22H17Cl2N5O2. The van der Waals surface area contributed by atoms with Crippen molar-refractivity contribution in [3.05, 3.63) is 87.2 Å². The Morgan fingerprint density at radius 2 is 1.84 bits per heavy atom. The molecule has 31 heavy (non-hydrogen) atoms. The summed E-state index contributed by atoms with van der Waals surface area (Å²) in [5.41, 5.74) is 0.970. The highest BCUT2D eigenvalue weighted by Crippen LogP contribution is 2.40. The van der Waals surface area contributed by atoms with Crippen LogP contribution in [0.15, 0.2) is 67.0 Å². The lowest BCUT2D eigenvalue weighted by atomic mass is 10.1. The zero-order valence-electron chi connectivity index (χ0n) is 16.4. The van der Waals surface area contributed by atoms with Crippen molar-refractivity contribution in [3.8, 4) is 0 Å². The normalized spacial score (nSPS) is 10.8. The number of benzene rings is 3. The molecule has 4 aromatic rings. The van der Waals surface area contributed by atoms with Crippen molar-refractivity contribution in [2.75, 3.05) is 16.8 Å². The first-order valence-corrected chi connectivity index (χ1v) is 10.2. The van der Waals surface area contributed by atoms with Crippen LogP contribution in [0.2, 0.25) is 10.0 Å². The van der Waals surface area contributed by atoms with Gasteiger partial charge in [0.2, 0.25) is 11.6 Å². The van der Waals surface area contributed by atoms with Gasteiger partial charge in [0.1, 0.15) is 6.33 Å². The lowest BCUT2D eigenvalue weighted by Gasteiger charge is -2.24. The molecule has 0 bridgehead atoms. The number of hydrogen-bond donors (Lipinski definition) is 1. The quantitative estimate of drug-likeness (QED) is 0.256. The van der Waals surface area contributed by atoms with Gasteiger partial charge in [0.25, 0.3) is 0 Å². The summed E-state index contributed by atoms with van der Waals surface area (Å²) in [7, 11) is 0. The SMILES string of the molecule is CCN(c1ncnc(Nc2cc(Cl)ccc2Cl)c1[N+](=O)[O-])c1cccc2ccccc12. The van der Waals surface area contributed by atoms with Gasteiger partial charge >= 0.3 is 5.69 Å². The standard InChI is InChI=1S/C22H17Cl2N5O2/c1-2-28(19-9-5-7-14-6-3-4-8-16(14)19)22-20(29(30)31)21(25-13-26-22)27-18-12-15(23)10-11-17(18)24/h3-13H,2H2,1H3,(H,25,26,27). The van der Waals surface area contributed by atoms with Gasteiger partial charge in [0.05, 0.1) is 21.3 Å². The molecule has 0 aliphatic heterocycles. The third kappa shape index (κ3) is 4.10. The van der Waals surface area contributed by atoms with Crippen LogP contribution in [0, 0.1) is 10.1 Å². The number of fused-ring (bicyclic) bond motifs is 1. The van der Waals surface area contributed by atoms with E-state index in [1.807, 2.05) is 49.4 Å². The van der Waals surface area contributed by atoms with E-state index in [0.29, 0.717) is 22.3 Å². The summed E-state index contributed by atoms with van der Waals surface area (Å²) in [5, 5.41) is 17.8. The highest BCUT2D eigenvalue weighted by atomic mass is 35.5. The summed E-state index contributed by atoms with van der Waals surface area (Å²) in [5.74, 6) is 0.206. The Labute approximate surface area is 188 Å². The van der Waals surface area contributed by atoms with E-state index in [1.54, 1.807) is 23.1 Å². The van der Waals surface area contributed by atoms with Gasteiger partial charge < -0.3 is 10.2 Å². The predicted molar refractivity (Wildman–Crippen MR) is 125 cm³/mol. The second-order valence-electron chi connectivity index (χ2n) is 6.64. The largest absolute Gasteiger partial charge is 0.354 e. The highest BCUT2D eigenvalue weighted by Gasteiger charge is 2.28. The summed E-state index contributed by atoms with van der Waals surface area (Å²) >= 11 is 12.3. The third-order valence-corrected chi connectivity index (χ3v) is 5.36. The number of rotatable bonds is 6. The zero-order chi connectivity index (χ0) is 22.0. The second kappa shape index (κ2) is 8.75. The fourth-order valence-corrected chi connectivity index (χ4v) is 3.76. The Morgan fingerprint density at radius 1 is 1.06 bits per heavy atom. The summed E-state index contributed by atoms with van der Waals surface area (Å²) in [6.07, 6.45) is 1.29. The highest BCUT2D eigenvalue weighted by molar-refractivity contribution is 6.35. The van der Waals surface area contributed by atoms with Gasteiger partial charge in [-0.15, -0.1) is 0 Å². The maximum Gasteiger partial charge on any atom is 0.354 e. The van der Waals surface area contributed by atoms with Crippen LogP contribution < -0.4 is 10.2 Å². The number of halogens is 2. The minimum Gasteiger partial charge on any atom is -0.333 e. The van der Waals surface area contributed by atoms with E-state index in [0.717, 1.165) is 16.5 Å². The van der Waals surface area contributed by atoms with E-state index in [9.17, 15) is 10.1 Å². The van der Waals surface area contributed by atoms with Crippen LogP contribution >= 0.6 is 23.2 Å². The van der Waals surface area contributed by atoms with Crippen molar-refractivity contribution in [3.63, 3.8) is 0 Å². The molecular weight excluding hydrogens is 437 g/mol. The molecule has 0 unspecified atom stereocenters. The van der Waals surface area contributed by atoms with Crippen molar-refractivity contribution >= 4 is 62.7 Å². The molecule has 0 atom stereocenters. The van der Waals surface area contributed by atoms with E-state index in [-0.39, 0.29) is 17.3 Å². The molecule has 3 aromatic carbocycles. The molecule has 0 spiro atoms. The van der Waals surface area contributed by atoms with Crippen molar-refractivity contribution in [2.24, 2.45) is 0 Å². The monoisotopic (exact) mass is 453 g/mol. The maximum absolute atomic E-state index is 12.1. The van der Waals surface area contributed by atoms with Gasteiger partial charge in [-0.2, -0.15) is 0 Å². The smallest absolute Gasteiger partial charge is 0.333 e. The average Bonchev–Trinajstić information content (AvgIpc) is 2.77. The van der Waals surface area contributed by atoms with Crippen LogP contribution in [0.25, 0.3) is 10.8 Å². The van der Waals surface area contributed by atoms with Crippen molar-refractivity contribution < 1.29 is 4.92 Å². The van der Waals surface area contributed by atoms with Crippen molar-refractivity contribution in [1.82, 2.24) is 9.97 Å². The number of aromatic nitrogens is 2. The molecule has 156 valence electrons. The molecule has 0 radical (unpaired) electrons. The fraction of sp³-hybridized carbons (Fsp3) is 0.0909. The Balaban J connectivity index is 1.87. The minimum absolute atomic E-state index is 0.0258. The average molecular weight is 454 g/mol. The van der Waals surface area contributed by atoms with Crippen molar-refractivity contribution in [1.29, 1.82) is 0 Å². The first kappa shape index (κ1) is 20.8. The predicted octanol–water partition coefficient (Wildman–Crippen LogP) is 6.75. The van der Waals surface area contributed by atoms with E-state index < -0.39 is 4.92 Å². The topological polar surface area (TPSA) is 84.2 Å².